The summed E-state index contributed by atoms with van der Waals surface area (Å²) in [5.74, 6) is -0.0981. The van der Waals surface area contributed by atoms with Gasteiger partial charge in [0.15, 0.2) is 0 Å². The molecule has 36 heavy (non-hydrogen) atoms. The highest BCUT2D eigenvalue weighted by Gasteiger charge is 2.17. The van der Waals surface area contributed by atoms with Crippen LogP contribution in [0.1, 0.15) is 26.5 Å². The van der Waals surface area contributed by atoms with Crippen molar-refractivity contribution in [2.75, 3.05) is 10.6 Å². The molecule has 0 saturated carbocycles. The maximum Gasteiger partial charge on any atom is 0.221 e. The number of pyridine rings is 1. The van der Waals surface area contributed by atoms with E-state index in [1.807, 2.05) is 61.5 Å². The van der Waals surface area contributed by atoms with Gasteiger partial charge in [0, 0.05) is 30.5 Å². The smallest absolute Gasteiger partial charge is 0.221 e. The zero-order valence-corrected chi connectivity index (χ0v) is 20.8. The third kappa shape index (κ3) is 4.68. The van der Waals surface area contributed by atoms with Crippen LogP contribution < -0.4 is 16.0 Å². The molecule has 2 heterocycles. The Morgan fingerprint density at radius 1 is 0.972 bits per heavy atom. The molecule has 7 heteroatoms. The van der Waals surface area contributed by atoms with Crippen molar-refractivity contribution < 1.29 is 4.79 Å². The minimum Gasteiger partial charge on any atom is -0.352 e. The molecule has 2 aromatic carbocycles. The quantitative estimate of drug-likeness (QED) is 0.312. The Balaban J connectivity index is 1.76. The van der Waals surface area contributed by atoms with Gasteiger partial charge in [-0.15, -0.1) is 0 Å². The number of hydrogen-bond donors (Lipinski definition) is 2. The summed E-state index contributed by atoms with van der Waals surface area (Å²) in [7, 11) is 0. The maximum atomic E-state index is 11.5. The van der Waals surface area contributed by atoms with Gasteiger partial charge in [-0.05, 0) is 81.4 Å². The van der Waals surface area contributed by atoms with Crippen molar-refractivity contribution in [1.29, 1.82) is 0 Å². The summed E-state index contributed by atoms with van der Waals surface area (Å²) in [6.45, 7) is 7.62. The van der Waals surface area contributed by atoms with Crippen LogP contribution in [0.5, 0.6) is 0 Å². The zero-order valence-electron chi connectivity index (χ0n) is 20.8. The Kier molecular flexibility index (Phi) is 6.21. The molecular formula is C29H28N6O. The first-order valence-corrected chi connectivity index (χ1v) is 11.9. The SMILES string of the molecule is CC(=O)Nc1ccc(-n2c3c/c(=N\C(C)C)c(Nc4cccnc4C)cc-3nc3ccccc32)cc1. The minimum atomic E-state index is -0.0981. The van der Waals surface area contributed by atoms with Crippen LogP contribution >= 0.6 is 0 Å². The van der Waals surface area contributed by atoms with Gasteiger partial charge >= 0.3 is 0 Å². The molecule has 7 nitrogen and oxygen atoms in total. The van der Waals surface area contributed by atoms with Gasteiger partial charge in [0.2, 0.25) is 5.91 Å². The van der Waals surface area contributed by atoms with E-state index in [-0.39, 0.29) is 11.9 Å². The van der Waals surface area contributed by atoms with E-state index in [9.17, 15) is 4.79 Å². The monoisotopic (exact) mass is 476 g/mol. The lowest BCUT2D eigenvalue weighted by atomic mass is 10.1. The number of aryl methyl sites for hydroxylation is 1. The highest BCUT2D eigenvalue weighted by atomic mass is 16.1. The lowest BCUT2D eigenvalue weighted by Gasteiger charge is -2.21. The van der Waals surface area contributed by atoms with Crippen LogP contribution in [-0.4, -0.2) is 26.5 Å². The standard InChI is InChI=1S/C29H28N6O/c1-18(2)31-26-17-29-27(16-25(26)33-23-9-7-15-30-19(23)3)34-24-8-5-6-10-28(24)35(29)22-13-11-21(12-14-22)32-20(4)36/h5-18,33H,1-4H3,(H,32,36)/b31-26+. The normalized spacial score (nSPS) is 11.9. The number of rotatable bonds is 5. The van der Waals surface area contributed by atoms with E-state index in [2.05, 4.69) is 52.2 Å². The van der Waals surface area contributed by atoms with Gasteiger partial charge in [0.05, 0.1) is 44.8 Å². The van der Waals surface area contributed by atoms with Gasteiger partial charge in [-0.25, -0.2) is 4.98 Å². The summed E-state index contributed by atoms with van der Waals surface area (Å²) in [5.41, 5.74) is 8.08. The van der Waals surface area contributed by atoms with Gasteiger partial charge in [0.1, 0.15) is 0 Å². The van der Waals surface area contributed by atoms with Crippen LogP contribution in [0.3, 0.4) is 0 Å². The second-order valence-corrected chi connectivity index (χ2v) is 9.01. The Hall–Kier alpha value is -4.52. The fourth-order valence-electron chi connectivity index (χ4n) is 4.26. The molecule has 2 aliphatic rings. The third-order valence-electron chi connectivity index (χ3n) is 5.82. The molecule has 1 amide bonds. The number of hydrogen-bond acceptors (Lipinski definition) is 5. The molecular weight excluding hydrogens is 448 g/mol. The Morgan fingerprint density at radius 2 is 1.75 bits per heavy atom. The summed E-state index contributed by atoms with van der Waals surface area (Å²) < 4.78 is 2.19. The van der Waals surface area contributed by atoms with Crippen molar-refractivity contribution in [3.05, 3.63) is 90.0 Å². The van der Waals surface area contributed by atoms with Gasteiger partial charge in [-0.1, -0.05) is 12.1 Å². The lowest BCUT2D eigenvalue weighted by Crippen LogP contribution is -2.17. The number of carbonyl (C=O) groups is 1. The number of nitrogens with zero attached hydrogens (tertiary/aromatic N) is 4. The Morgan fingerprint density at radius 3 is 2.47 bits per heavy atom. The van der Waals surface area contributed by atoms with Crippen LogP contribution in [0.2, 0.25) is 0 Å². The molecule has 5 rings (SSSR count). The summed E-state index contributed by atoms with van der Waals surface area (Å²) in [5, 5.41) is 7.21. The summed E-state index contributed by atoms with van der Waals surface area (Å²) in [6, 6.07) is 24.1. The largest absolute Gasteiger partial charge is 0.352 e. The molecule has 0 atom stereocenters. The number of fused-ring (bicyclic) bond motifs is 2. The second kappa shape index (κ2) is 9.62. The van der Waals surface area contributed by atoms with Crippen molar-refractivity contribution in [3.63, 3.8) is 0 Å². The highest BCUT2D eigenvalue weighted by Crippen LogP contribution is 2.31. The molecule has 1 aromatic heterocycles. The van der Waals surface area contributed by atoms with Crippen LogP contribution in [0, 0.1) is 6.92 Å². The number of benzene rings is 3. The van der Waals surface area contributed by atoms with E-state index in [0.717, 1.165) is 56.2 Å². The predicted molar refractivity (Wildman–Crippen MR) is 145 cm³/mol. The van der Waals surface area contributed by atoms with Crippen LogP contribution in [0.25, 0.3) is 28.1 Å². The van der Waals surface area contributed by atoms with Gasteiger partial charge in [-0.3, -0.25) is 14.8 Å². The highest BCUT2D eigenvalue weighted by molar-refractivity contribution is 5.89. The van der Waals surface area contributed by atoms with Crippen LogP contribution in [0.4, 0.5) is 17.1 Å². The topological polar surface area (TPSA) is 84.2 Å². The molecule has 0 unspecified atom stereocenters. The average molecular weight is 477 g/mol. The van der Waals surface area contributed by atoms with Gasteiger partial charge in [0.25, 0.3) is 0 Å². The van der Waals surface area contributed by atoms with E-state index in [1.54, 1.807) is 6.20 Å². The molecule has 0 bridgehead atoms. The number of nitrogens with one attached hydrogen (secondary N) is 2. The molecule has 2 N–H and O–H groups in total. The summed E-state index contributed by atoms with van der Waals surface area (Å²) in [6.07, 6.45) is 1.79. The fraction of sp³-hybridized carbons (Fsp3) is 0.172. The lowest BCUT2D eigenvalue weighted by molar-refractivity contribution is -0.114. The van der Waals surface area contributed by atoms with Crippen molar-refractivity contribution >= 4 is 34.0 Å². The molecule has 180 valence electrons. The number of amides is 1. The Bertz CT molecular complexity index is 1600. The summed E-state index contributed by atoms with van der Waals surface area (Å²) >= 11 is 0. The number of anilines is 3. The molecule has 3 aromatic rings. The Labute approximate surface area is 209 Å². The van der Waals surface area contributed by atoms with E-state index < -0.39 is 0 Å². The third-order valence-corrected chi connectivity index (χ3v) is 5.82. The molecule has 0 fully saturated rings. The summed E-state index contributed by atoms with van der Waals surface area (Å²) in [4.78, 5) is 25.8. The van der Waals surface area contributed by atoms with E-state index in [1.165, 1.54) is 6.92 Å². The first-order chi connectivity index (χ1) is 17.4. The predicted octanol–water partition coefficient (Wildman–Crippen LogP) is 5.84. The number of aromatic nitrogens is 3. The van der Waals surface area contributed by atoms with Crippen molar-refractivity contribution in [3.8, 4) is 17.1 Å². The van der Waals surface area contributed by atoms with E-state index in [4.69, 9.17) is 9.98 Å². The minimum absolute atomic E-state index is 0.0981. The van der Waals surface area contributed by atoms with Gasteiger partial charge < -0.3 is 15.2 Å². The zero-order chi connectivity index (χ0) is 25.2. The van der Waals surface area contributed by atoms with Gasteiger partial charge in [-0.2, -0.15) is 0 Å². The van der Waals surface area contributed by atoms with Crippen molar-refractivity contribution in [2.24, 2.45) is 4.99 Å². The average Bonchev–Trinajstić information content (AvgIpc) is 2.84. The van der Waals surface area contributed by atoms with Crippen LogP contribution in [-0.2, 0) is 4.79 Å². The molecule has 0 saturated heterocycles. The van der Waals surface area contributed by atoms with E-state index >= 15 is 0 Å². The molecule has 1 aliphatic carbocycles. The first-order valence-electron chi connectivity index (χ1n) is 11.9. The fourth-order valence-corrected chi connectivity index (χ4v) is 4.26. The molecule has 1 aliphatic heterocycles. The maximum absolute atomic E-state index is 11.5. The first kappa shape index (κ1) is 23.2. The second-order valence-electron chi connectivity index (χ2n) is 9.01. The molecule has 0 spiro atoms. The van der Waals surface area contributed by atoms with E-state index in [0.29, 0.717) is 0 Å². The van der Waals surface area contributed by atoms with Crippen LogP contribution in [0.15, 0.2) is 84.0 Å². The van der Waals surface area contributed by atoms with Crippen molar-refractivity contribution in [1.82, 2.24) is 14.5 Å². The number of carbonyl (C=O) groups excluding carboxylic acids is 1. The molecule has 0 radical (unpaired) electrons. The van der Waals surface area contributed by atoms with Crippen molar-refractivity contribution in [2.45, 2.75) is 33.7 Å². The number of para-hydroxylation sites is 2.